The van der Waals surface area contributed by atoms with E-state index in [1.54, 1.807) is 0 Å². The lowest BCUT2D eigenvalue weighted by molar-refractivity contribution is -0.161. The zero-order chi connectivity index (χ0) is 76.0. The fraction of sp³-hybridized carbons (Fsp3) is 0.788. The van der Waals surface area contributed by atoms with Gasteiger partial charge in [0.15, 0.2) is 12.2 Å². The van der Waals surface area contributed by atoms with Crippen molar-refractivity contribution in [1.82, 2.24) is 0 Å². The molecule has 5 unspecified atom stereocenters. The van der Waals surface area contributed by atoms with E-state index in [-0.39, 0.29) is 25.7 Å². The summed E-state index contributed by atoms with van der Waals surface area (Å²) in [5.74, 6) is -2.17. The molecule has 19 heteroatoms. The van der Waals surface area contributed by atoms with E-state index < -0.39 is 97.5 Å². The number of hydrogen-bond donors (Lipinski definition) is 3. The van der Waals surface area contributed by atoms with Gasteiger partial charge in [-0.2, -0.15) is 0 Å². The molecular weight excluding hydrogens is 1350 g/mol. The zero-order valence-corrected chi connectivity index (χ0v) is 68.0. The van der Waals surface area contributed by atoms with Crippen LogP contribution in [0.1, 0.15) is 374 Å². The number of aliphatic hydroxyl groups is 1. The van der Waals surface area contributed by atoms with Crippen LogP contribution >= 0.6 is 15.6 Å². The molecule has 0 aliphatic rings. The van der Waals surface area contributed by atoms with Crippen LogP contribution in [0.5, 0.6) is 0 Å². The smallest absolute Gasteiger partial charge is 0.462 e. The maximum atomic E-state index is 13.1. The Morgan fingerprint density at radius 2 is 0.500 bits per heavy atom. The molecule has 0 aromatic rings. The summed E-state index contributed by atoms with van der Waals surface area (Å²) in [7, 11) is -9.96. The standard InChI is InChI=1S/C85H152O17P2/c1-5-9-13-17-21-25-29-33-37-38-39-40-44-46-50-54-58-62-66-70-83(88)96-76-81(102-85(90)72-68-64-60-56-52-48-43-36-32-28-24-20-16-12-8-4)78-100-104(93,94)98-74-79(86)73-97-103(91,92)99-77-80(101-84(89)71-67-63-59-55-51-47-42-35-31-27-23-19-15-11-7-3)75-95-82(87)69-65-61-57-53-49-45-41-34-30-26-22-18-14-10-6-2/h9-10,13-14,21-22,25-26,33-34,37,39-41,79-81,86H,5-8,11-12,15-20,23-24,27-32,35-36,38,42-78H2,1-4H3,(H,91,92)(H,93,94)/b13-9-,14-10-,25-21-,26-22-,37-33-,40-39-,41-34-. The van der Waals surface area contributed by atoms with Crippen molar-refractivity contribution < 1.29 is 80.2 Å². The second-order valence-corrected chi connectivity index (χ2v) is 30.9. The molecular formula is C85H152O17P2. The topological polar surface area (TPSA) is 237 Å². The molecule has 0 rings (SSSR count). The number of aliphatic hydroxyl groups excluding tert-OH is 1. The van der Waals surface area contributed by atoms with Crippen LogP contribution < -0.4 is 0 Å². The van der Waals surface area contributed by atoms with Crippen molar-refractivity contribution in [2.24, 2.45) is 0 Å². The molecule has 0 heterocycles. The summed E-state index contributed by atoms with van der Waals surface area (Å²) in [6.07, 6.45) is 81.1. The van der Waals surface area contributed by atoms with Crippen LogP contribution in [0, 0.1) is 0 Å². The van der Waals surface area contributed by atoms with Crippen LogP contribution in [0.25, 0.3) is 0 Å². The summed E-state index contributed by atoms with van der Waals surface area (Å²) in [6, 6.07) is 0. The Bertz CT molecular complexity index is 2300. The van der Waals surface area contributed by atoms with Crippen LogP contribution in [0.3, 0.4) is 0 Å². The van der Waals surface area contributed by atoms with Crippen LogP contribution in [0.4, 0.5) is 0 Å². The van der Waals surface area contributed by atoms with Crippen LogP contribution in [0.15, 0.2) is 85.1 Å². The number of esters is 4. The lowest BCUT2D eigenvalue weighted by Gasteiger charge is -2.21. The molecule has 0 aromatic heterocycles. The van der Waals surface area contributed by atoms with Crippen LogP contribution in [0.2, 0.25) is 0 Å². The first-order valence-electron chi connectivity index (χ1n) is 41.8. The number of carbonyl (C=O) groups excluding carboxylic acids is 4. The molecule has 0 bridgehead atoms. The molecule has 604 valence electrons. The molecule has 104 heavy (non-hydrogen) atoms. The Kier molecular flexibility index (Phi) is 74.6. The summed E-state index contributed by atoms with van der Waals surface area (Å²) in [5, 5.41) is 10.7. The highest BCUT2D eigenvalue weighted by molar-refractivity contribution is 7.47. The maximum Gasteiger partial charge on any atom is 0.472 e. The van der Waals surface area contributed by atoms with Crippen molar-refractivity contribution in [3.8, 4) is 0 Å². The van der Waals surface area contributed by atoms with Crippen molar-refractivity contribution in [3.05, 3.63) is 85.1 Å². The first kappa shape index (κ1) is 100. The summed E-state index contributed by atoms with van der Waals surface area (Å²) in [5.41, 5.74) is 0. The minimum atomic E-state index is -4.98. The predicted molar refractivity (Wildman–Crippen MR) is 427 cm³/mol. The molecule has 0 spiro atoms. The van der Waals surface area contributed by atoms with Crippen molar-refractivity contribution >= 4 is 39.5 Å². The Morgan fingerprint density at radius 3 is 0.769 bits per heavy atom. The fourth-order valence-electron chi connectivity index (χ4n) is 11.6. The molecule has 0 aromatic carbocycles. The lowest BCUT2D eigenvalue weighted by atomic mass is 10.0. The average molecular weight is 1510 g/mol. The second kappa shape index (κ2) is 77.4. The number of unbranched alkanes of at least 4 members (excludes halogenated alkanes) is 39. The third-order valence-corrected chi connectivity index (χ3v) is 19.8. The molecule has 5 atom stereocenters. The average Bonchev–Trinajstić information content (AvgIpc) is 0.918. The quantitative estimate of drug-likeness (QED) is 0.0169. The third-order valence-electron chi connectivity index (χ3n) is 17.9. The number of ether oxygens (including phenoxy) is 4. The summed E-state index contributed by atoms with van der Waals surface area (Å²) in [6.45, 7) is 4.70. The largest absolute Gasteiger partial charge is 0.472 e. The number of allylic oxidation sites excluding steroid dienone is 14. The van der Waals surface area contributed by atoms with Gasteiger partial charge in [-0.25, -0.2) is 9.13 Å². The van der Waals surface area contributed by atoms with Gasteiger partial charge in [0.25, 0.3) is 0 Å². The van der Waals surface area contributed by atoms with E-state index in [9.17, 15) is 43.2 Å². The summed E-state index contributed by atoms with van der Waals surface area (Å²) >= 11 is 0. The van der Waals surface area contributed by atoms with E-state index in [0.29, 0.717) is 25.7 Å². The number of hydrogen-bond acceptors (Lipinski definition) is 15. The van der Waals surface area contributed by atoms with Crippen molar-refractivity contribution in [2.45, 2.75) is 393 Å². The van der Waals surface area contributed by atoms with E-state index in [4.69, 9.17) is 37.0 Å². The first-order valence-corrected chi connectivity index (χ1v) is 44.8. The van der Waals surface area contributed by atoms with Crippen molar-refractivity contribution in [2.75, 3.05) is 39.6 Å². The molecule has 0 fully saturated rings. The van der Waals surface area contributed by atoms with Gasteiger partial charge < -0.3 is 33.8 Å². The van der Waals surface area contributed by atoms with Gasteiger partial charge in [-0.1, -0.05) is 337 Å². The van der Waals surface area contributed by atoms with Crippen LogP contribution in [-0.4, -0.2) is 96.7 Å². The molecule has 0 saturated heterocycles. The zero-order valence-electron chi connectivity index (χ0n) is 66.2. The number of phosphoric acid groups is 2. The second-order valence-electron chi connectivity index (χ2n) is 28.0. The monoisotopic (exact) mass is 1510 g/mol. The Balaban J connectivity index is 5.34. The van der Waals surface area contributed by atoms with E-state index in [1.807, 2.05) is 0 Å². The normalized spacial score (nSPS) is 14.3. The van der Waals surface area contributed by atoms with Gasteiger partial charge in [-0.15, -0.1) is 0 Å². The molecule has 0 amide bonds. The lowest BCUT2D eigenvalue weighted by Crippen LogP contribution is -2.30. The molecule has 0 saturated carbocycles. The van der Waals surface area contributed by atoms with Gasteiger partial charge in [0.05, 0.1) is 26.4 Å². The Labute approximate surface area is 634 Å². The summed E-state index contributed by atoms with van der Waals surface area (Å²) in [4.78, 5) is 73.1. The third kappa shape index (κ3) is 76.4. The fourth-order valence-corrected chi connectivity index (χ4v) is 13.2. The highest BCUT2D eigenvalue weighted by Crippen LogP contribution is 2.45. The first-order chi connectivity index (χ1) is 50.7. The van der Waals surface area contributed by atoms with Gasteiger partial charge in [0.2, 0.25) is 0 Å². The van der Waals surface area contributed by atoms with Crippen molar-refractivity contribution in [1.29, 1.82) is 0 Å². The highest BCUT2D eigenvalue weighted by Gasteiger charge is 2.30. The number of phosphoric ester groups is 2. The van der Waals surface area contributed by atoms with Gasteiger partial charge in [0.1, 0.15) is 19.3 Å². The van der Waals surface area contributed by atoms with E-state index in [2.05, 4.69) is 113 Å². The molecule has 17 nitrogen and oxygen atoms in total. The molecule has 0 radical (unpaired) electrons. The SMILES string of the molecule is CC/C=C\C/C=C\C/C=C\C/C=C\CCCCCCCCC(=O)OCC(COP(=O)(O)OCC(O)COP(=O)(O)OCC(COC(=O)CCCCCCC/C=C\C/C=C\C/C=C\CC)OC(=O)CCCCCCCCCCCCCCCCC)OC(=O)CCCCCCCCCCCCCCCCC. The molecule has 0 aliphatic heterocycles. The van der Waals surface area contributed by atoms with Gasteiger partial charge in [0, 0.05) is 25.7 Å². The Hall–Kier alpha value is -3.76. The summed E-state index contributed by atoms with van der Waals surface area (Å²) < 4.78 is 68.8. The Morgan fingerprint density at radius 1 is 0.279 bits per heavy atom. The van der Waals surface area contributed by atoms with E-state index >= 15 is 0 Å². The van der Waals surface area contributed by atoms with Crippen molar-refractivity contribution in [3.63, 3.8) is 0 Å². The predicted octanol–water partition coefficient (Wildman–Crippen LogP) is 24.6. The van der Waals surface area contributed by atoms with Crippen LogP contribution in [-0.2, 0) is 65.4 Å². The minimum absolute atomic E-state index is 0.0963. The minimum Gasteiger partial charge on any atom is -0.462 e. The van der Waals surface area contributed by atoms with Gasteiger partial charge in [-0.3, -0.25) is 37.3 Å². The van der Waals surface area contributed by atoms with Gasteiger partial charge in [-0.05, 0) is 96.3 Å². The number of rotatable bonds is 79. The maximum absolute atomic E-state index is 13.1. The van der Waals surface area contributed by atoms with Gasteiger partial charge >= 0.3 is 39.5 Å². The van der Waals surface area contributed by atoms with E-state index in [0.717, 1.165) is 167 Å². The highest BCUT2D eigenvalue weighted by atomic mass is 31.2. The molecule has 0 aliphatic carbocycles. The number of carbonyl (C=O) groups is 4. The van der Waals surface area contributed by atoms with E-state index in [1.165, 1.54) is 128 Å². The molecule has 3 N–H and O–H groups in total.